The lowest BCUT2D eigenvalue weighted by Gasteiger charge is -2.19. The van der Waals surface area contributed by atoms with Crippen molar-refractivity contribution in [1.29, 1.82) is 0 Å². The van der Waals surface area contributed by atoms with E-state index < -0.39 is 0 Å². The topological polar surface area (TPSA) is 0 Å². The molecule has 1 heteroatoms. The summed E-state index contributed by atoms with van der Waals surface area (Å²) in [6, 6.07) is 4.43. The van der Waals surface area contributed by atoms with Crippen molar-refractivity contribution in [1.82, 2.24) is 0 Å². The van der Waals surface area contributed by atoms with Crippen LogP contribution < -0.4 is 0 Å². The van der Waals surface area contributed by atoms with Crippen molar-refractivity contribution < 1.29 is 0 Å². The van der Waals surface area contributed by atoms with Crippen LogP contribution in [0.2, 0.25) is 0 Å². The summed E-state index contributed by atoms with van der Waals surface area (Å²) in [5, 5.41) is 2.18. The average Bonchev–Trinajstić information content (AvgIpc) is 2.58. The second-order valence-electron chi connectivity index (χ2n) is 3.17. The van der Waals surface area contributed by atoms with Crippen LogP contribution in [0, 0.1) is 6.42 Å². The number of thiophene rings is 1. The third-order valence-electron chi connectivity index (χ3n) is 2.36. The van der Waals surface area contributed by atoms with Crippen LogP contribution in [0.4, 0.5) is 0 Å². The maximum Gasteiger partial charge on any atom is 0.00762 e. The minimum absolute atomic E-state index is 0.851. The Balaban J connectivity index is 2.04. The Bertz CT molecular complexity index is 195. The summed E-state index contributed by atoms with van der Waals surface area (Å²) in [6.45, 7) is 0. The second-order valence-corrected chi connectivity index (χ2v) is 4.15. The SMILES string of the molecule is [CH]1CCCC(c2cccs2)C1. The maximum atomic E-state index is 2.44. The predicted octanol–water partition coefficient (Wildman–Crippen LogP) is 3.61. The van der Waals surface area contributed by atoms with E-state index in [0.717, 1.165) is 5.92 Å². The summed E-state index contributed by atoms with van der Waals surface area (Å²) in [6.07, 6.45) is 7.87. The molecule has 1 fully saturated rings. The van der Waals surface area contributed by atoms with Crippen molar-refractivity contribution in [2.24, 2.45) is 0 Å². The lowest BCUT2D eigenvalue weighted by atomic mass is 9.88. The average molecular weight is 165 g/mol. The van der Waals surface area contributed by atoms with E-state index in [-0.39, 0.29) is 0 Å². The van der Waals surface area contributed by atoms with Gasteiger partial charge in [0.1, 0.15) is 0 Å². The van der Waals surface area contributed by atoms with Crippen molar-refractivity contribution in [3.63, 3.8) is 0 Å². The van der Waals surface area contributed by atoms with Gasteiger partial charge in [-0.2, -0.15) is 0 Å². The third-order valence-corrected chi connectivity index (χ3v) is 3.39. The number of hydrogen-bond acceptors (Lipinski definition) is 1. The predicted molar refractivity (Wildman–Crippen MR) is 49.8 cm³/mol. The molecule has 0 spiro atoms. The van der Waals surface area contributed by atoms with Gasteiger partial charge < -0.3 is 0 Å². The Labute approximate surface area is 72.3 Å². The quantitative estimate of drug-likeness (QED) is 0.596. The first-order valence-corrected chi connectivity index (χ1v) is 5.20. The molecule has 1 aliphatic rings. The molecule has 1 aliphatic carbocycles. The van der Waals surface area contributed by atoms with Crippen molar-refractivity contribution in [2.45, 2.75) is 31.6 Å². The van der Waals surface area contributed by atoms with Crippen LogP contribution in [0.5, 0.6) is 0 Å². The smallest absolute Gasteiger partial charge is 0.00762 e. The van der Waals surface area contributed by atoms with Crippen LogP contribution in [0.25, 0.3) is 0 Å². The zero-order valence-corrected chi connectivity index (χ0v) is 7.44. The first-order valence-electron chi connectivity index (χ1n) is 4.32. The monoisotopic (exact) mass is 165 g/mol. The Kier molecular flexibility index (Phi) is 2.27. The minimum atomic E-state index is 0.851. The van der Waals surface area contributed by atoms with Gasteiger partial charge in [-0.05, 0) is 36.6 Å². The molecule has 1 aromatic rings. The molecule has 0 aromatic carbocycles. The van der Waals surface area contributed by atoms with Crippen LogP contribution in [0.15, 0.2) is 17.5 Å². The zero-order valence-electron chi connectivity index (χ0n) is 6.62. The van der Waals surface area contributed by atoms with E-state index in [0.29, 0.717) is 0 Å². The Morgan fingerprint density at radius 2 is 2.45 bits per heavy atom. The van der Waals surface area contributed by atoms with E-state index in [4.69, 9.17) is 0 Å². The highest BCUT2D eigenvalue weighted by Crippen LogP contribution is 2.34. The molecule has 0 N–H and O–H groups in total. The molecule has 0 saturated heterocycles. The first kappa shape index (κ1) is 7.35. The van der Waals surface area contributed by atoms with Crippen LogP contribution in [-0.2, 0) is 0 Å². The molecule has 2 rings (SSSR count). The molecular formula is C10H13S. The normalized spacial score (nSPS) is 20.4. The van der Waals surface area contributed by atoms with Crippen molar-refractivity contribution in [3.05, 3.63) is 28.8 Å². The van der Waals surface area contributed by atoms with E-state index in [2.05, 4.69) is 23.9 Å². The fourth-order valence-corrected chi connectivity index (χ4v) is 2.61. The highest BCUT2D eigenvalue weighted by Gasteiger charge is 2.15. The molecule has 1 heterocycles. The van der Waals surface area contributed by atoms with Crippen LogP contribution in [-0.4, -0.2) is 0 Å². The lowest BCUT2D eigenvalue weighted by Crippen LogP contribution is -2.02. The Hall–Kier alpha value is -0.300. The molecule has 0 aliphatic heterocycles. The van der Waals surface area contributed by atoms with Gasteiger partial charge in [0.2, 0.25) is 0 Å². The van der Waals surface area contributed by atoms with Crippen molar-refractivity contribution in [2.75, 3.05) is 0 Å². The fourth-order valence-electron chi connectivity index (χ4n) is 1.73. The van der Waals surface area contributed by atoms with Gasteiger partial charge in [0.25, 0.3) is 0 Å². The summed E-state index contributed by atoms with van der Waals surface area (Å²) < 4.78 is 0. The number of rotatable bonds is 1. The summed E-state index contributed by atoms with van der Waals surface area (Å²) >= 11 is 1.91. The van der Waals surface area contributed by atoms with Gasteiger partial charge in [0.15, 0.2) is 0 Å². The molecule has 1 unspecified atom stereocenters. The van der Waals surface area contributed by atoms with E-state index in [1.54, 1.807) is 4.88 Å². The molecule has 0 nitrogen and oxygen atoms in total. The molecule has 1 aromatic heterocycles. The molecule has 1 saturated carbocycles. The van der Waals surface area contributed by atoms with Gasteiger partial charge >= 0.3 is 0 Å². The molecular weight excluding hydrogens is 152 g/mol. The molecule has 0 amide bonds. The van der Waals surface area contributed by atoms with Gasteiger partial charge in [-0.25, -0.2) is 0 Å². The minimum Gasteiger partial charge on any atom is -0.149 e. The zero-order chi connectivity index (χ0) is 7.52. The Morgan fingerprint density at radius 1 is 1.45 bits per heavy atom. The third kappa shape index (κ3) is 1.64. The largest absolute Gasteiger partial charge is 0.149 e. The maximum absolute atomic E-state index is 2.44. The lowest BCUT2D eigenvalue weighted by molar-refractivity contribution is 0.523. The molecule has 1 atom stereocenters. The van der Waals surface area contributed by atoms with Crippen LogP contribution >= 0.6 is 11.3 Å². The van der Waals surface area contributed by atoms with Crippen LogP contribution in [0.1, 0.15) is 36.5 Å². The highest BCUT2D eigenvalue weighted by atomic mass is 32.1. The molecule has 11 heavy (non-hydrogen) atoms. The standard InChI is InChI=1S/C10H13S/c1-2-5-9(6-3-1)10-7-4-8-11-10/h2,4,7-9H,1,3,5-6H2. The van der Waals surface area contributed by atoms with Crippen LogP contribution in [0.3, 0.4) is 0 Å². The van der Waals surface area contributed by atoms with Crippen molar-refractivity contribution >= 4 is 11.3 Å². The summed E-state index contributed by atoms with van der Waals surface area (Å²) in [5.74, 6) is 0.851. The van der Waals surface area contributed by atoms with Gasteiger partial charge in [0.05, 0.1) is 0 Å². The number of hydrogen-bond donors (Lipinski definition) is 0. The fraction of sp³-hybridized carbons (Fsp3) is 0.500. The van der Waals surface area contributed by atoms with E-state index in [1.165, 1.54) is 25.7 Å². The summed E-state index contributed by atoms with van der Waals surface area (Å²) in [4.78, 5) is 1.58. The summed E-state index contributed by atoms with van der Waals surface area (Å²) in [5.41, 5.74) is 0. The van der Waals surface area contributed by atoms with Crippen molar-refractivity contribution in [3.8, 4) is 0 Å². The first-order chi connectivity index (χ1) is 5.47. The van der Waals surface area contributed by atoms with Gasteiger partial charge in [-0.3, -0.25) is 0 Å². The molecule has 59 valence electrons. The second kappa shape index (κ2) is 3.40. The molecule has 1 radical (unpaired) electrons. The van der Waals surface area contributed by atoms with E-state index in [9.17, 15) is 0 Å². The Morgan fingerprint density at radius 3 is 3.09 bits per heavy atom. The van der Waals surface area contributed by atoms with Gasteiger partial charge in [-0.1, -0.05) is 18.9 Å². The van der Waals surface area contributed by atoms with E-state index >= 15 is 0 Å². The van der Waals surface area contributed by atoms with Gasteiger partial charge in [0, 0.05) is 4.88 Å². The molecule has 0 bridgehead atoms. The van der Waals surface area contributed by atoms with Gasteiger partial charge in [-0.15, -0.1) is 11.3 Å². The highest BCUT2D eigenvalue weighted by molar-refractivity contribution is 7.10. The summed E-state index contributed by atoms with van der Waals surface area (Å²) in [7, 11) is 0. The van der Waals surface area contributed by atoms with E-state index in [1.807, 2.05) is 11.3 Å².